The molecule has 0 spiro atoms. The zero-order chi connectivity index (χ0) is 18.1. The van der Waals surface area contributed by atoms with Crippen LogP contribution in [0.15, 0.2) is 16.9 Å². The number of Topliss-reactive ketones (excluding diaryl/α,β-unsaturated/α-hetero) is 1. The van der Waals surface area contributed by atoms with Gasteiger partial charge in [-0.3, -0.25) is 9.59 Å². The molecular formula is C17H24BNO4S. The maximum atomic E-state index is 11.8. The smallest absolute Gasteiger partial charge is 0.400 e. The Labute approximate surface area is 147 Å². The van der Waals surface area contributed by atoms with Crippen molar-refractivity contribution in [2.45, 2.75) is 52.7 Å². The second-order valence-electron chi connectivity index (χ2n) is 6.98. The summed E-state index contributed by atoms with van der Waals surface area (Å²) in [6.07, 6.45) is 1.88. The van der Waals surface area contributed by atoms with Crippen molar-refractivity contribution in [2.75, 3.05) is 6.54 Å². The van der Waals surface area contributed by atoms with Gasteiger partial charge in [0.25, 0.3) is 0 Å². The van der Waals surface area contributed by atoms with Crippen molar-refractivity contribution in [2.24, 2.45) is 0 Å². The van der Waals surface area contributed by atoms with E-state index >= 15 is 0 Å². The van der Waals surface area contributed by atoms with E-state index in [1.807, 2.05) is 45.2 Å². The largest absolute Gasteiger partial charge is 0.492 e. The Morgan fingerprint density at radius 3 is 2.29 bits per heavy atom. The maximum Gasteiger partial charge on any atom is 0.492 e. The van der Waals surface area contributed by atoms with E-state index in [0.29, 0.717) is 11.4 Å². The fourth-order valence-electron chi connectivity index (χ4n) is 2.34. The number of carbonyl (C=O) groups is 2. The number of ketones is 1. The Bertz CT molecular complexity index is 662. The Balaban J connectivity index is 2.35. The van der Waals surface area contributed by atoms with Crippen molar-refractivity contribution < 1.29 is 18.9 Å². The summed E-state index contributed by atoms with van der Waals surface area (Å²) >= 11 is 1.40. The maximum absolute atomic E-state index is 11.8. The third-order valence-corrected chi connectivity index (χ3v) is 5.48. The Morgan fingerprint density at radius 2 is 1.79 bits per heavy atom. The Hall–Kier alpha value is -1.44. The molecule has 130 valence electrons. The van der Waals surface area contributed by atoms with Crippen LogP contribution < -0.4 is 5.32 Å². The third-order valence-electron chi connectivity index (χ3n) is 4.45. The first-order valence-corrected chi connectivity index (χ1v) is 8.80. The predicted octanol–water partition coefficient (Wildman–Crippen LogP) is 3.10. The van der Waals surface area contributed by atoms with Gasteiger partial charge in [0, 0.05) is 13.5 Å². The first-order chi connectivity index (χ1) is 11.0. The molecule has 0 radical (unpaired) electrons. The van der Waals surface area contributed by atoms with Gasteiger partial charge in [0.15, 0.2) is 5.78 Å². The van der Waals surface area contributed by atoms with Crippen LogP contribution >= 0.6 is 11.3 Å². The highest BCUT2D eigenvalue weighted by atomic mass is 32.1. The number of amides is 1. The quantitative estimate of drug-likeness (QED) is 0.655. The van der Waals surface area contributed by atoms with Crippen LogP contribution in [0.25, 0.3) is 6.08 Å². The molecule has 7 heteroatoms. The summed E-state index contributed by atoms with van der Waals surface area (Å²) in [7, 11) is -0.568. The van der Waals surface area contributed by atoms with E-state index in [0.717, 1.165) is 11.0 Å². The molecule has 1 N–H and O–H groups in total. The summed E-state index contributed by atoms with van der Waals surface area (Å²) in [4.78, 5) is 23.8. The molecule has 1 saturated heterocycles. The number of rotatable bonds is 5. The van der Waals surface area contributed by atoms with E-state index in [1.165, 1.54) is 18.3 Å². The molecule has 2 rings (SSSR count). The van der Waals surface area contributed by atoms with Crippen molar-refractivity contribution in [1.82, 2.24) is 5.32 Å². The van der Waals surface area contributed by atoms with Gasteiger partial charge in [0.2, 0.25) is 5.91 Å². The molecule has 24 heavy (non-hydrogen) atoms. The minimum Gasteiger partial charge on any atom is -0.400 e. The van der Waals surface area contributed by atoms with Gasteiger partial charge >= 0.3 is 7.12 Å². The SMILES string of the molecule is CC(=O)NCC(=Cc1ccsc1C(C)=O)B1OC(C)(C)C(C)(C)O1. The average Bonchev–Trinajstić information content (AvgIpc) is 2.97. The molecule has 0 aromatic carbocycles. The molecule has 5 nitrogen and oxygen atoms in total. The van der Waals surface area contributed by atoms with Gasteiger partial charge in [-0.25, -0.2) is 0 Å². The lowest BCUT2D eigenvalue weighted by atomic mass is 9.77. The summed E-state index contributed by atoms with van der Waals surface area (Å²) in [5.74, 6) is -0.112. The Kier molecular flexibility index (Phi) is 5.37. The molecular weight excluding hydrogens is 325 g/mol. The van der Waals surface area contributed by atoms with E-state index in [4.69, 9.17) is 9.31 Å². The highest BCUT2D eigenvalue weighted by molar-refractivity contribution is 7.12. The van der Waals surface area contributed by atoms with Gasteiger partial charge < -0.3 is 14.6 Å². The first kappa shape index (κ1) is 18.9. The number of carbonyl (C=O) groups excluding carboxylic acids is 2. The molecule has 1 fully saturated rings. The van der Waals surface area contributed by atoms with E-state index in [-0.39, 0.29) is 11.7 Å². The van der Waals surface area contributed by atoms with Crippen LogP contribution in [0.2, 0.25) is 0 Å². The average molecular weight is 349 g/mol. The van der Waals surface area contributed by atoms with E-state index < -0.39 is 18.3 Å². The lowest BCUT2D eigenvalue weighted by molar-refractivity contribution is -0.118. The van der Waals surface area contributed by atoms with Crippen LogP contribution in [0.4, 0.5) is 0 Å². The standard InChI is InChI=1S/C17H24BNO4S/c1-11(20)15-13(7-8-24-15)9-14(10-19-12(2)21)18-22-16(3,4)17(5,6)23-18/h7-9H,10H2,1-6H3,(H,19,21). The van der Waals surface area contributed by atoms with Crippen molar-refractivity contribution in [1.29, 1.82) is 0 Å². The lowest BCUT2D eigenvalue weighted by Crippen LogP contribution is -2.41. The zero-order valence-corrected chi connectivity index (χ0v) is 15.9. The van der Waals surface area contributed by atoms with Crippen molar-refractivity contribution >= 4 is 36.2 Å². The van der Waals surface area contributed by atoms with Crippen molar-refractivity contribution in [3.8, 4) is 0 Å². The second-order valence-corrected chi connectivity index (χ2v) is 7.89. The molecule has 2 heterocycles. The van der Waals surface area contributed by atoms with Crippen LogP contribution in [0.1, 0.15) is 56.8 Å². The van der Waals surface area contributed by atoms with Crippen LogP contribution in [-0.4, -0.2) is 36.6 Å². The topological polar surface area (TPSA) is 64.6 Å². The van der Waals surface area contributed by atoms with Crippen LogP contribution in [-0.2, 0) is 14.1 Å². The second kappa shape index (κ2) is 6.82. The molecule has 1 amide bonds. The number of hydrogen-bond donors (Lipinski definition) is 1. The van der Waals surface area contributed by atoms with Gasteiger partial charge in [0.05, 0.1) is 16.1 Å². The van der Waals surface area contributed by atoms with Crippen LogP contribution in [0, 0.1) is 0 Å². The highest BCUT2D eigenvalue weighted by Crippen LogP contribution is 2.39. The molecule has 0 bridgehead atoms. The molecule has 1 aliphatic rings. The van der Waals surface area contributed by atoms with Gasteiger partial charge in [0.1, 0.15) is 0 Å². The molecule has 1 aromatic heterocycles. The normalized spacial score (nSPS) is 19.4. The van der Waals surface area contributed by atoms with Gasteiger partial charge in [-0.1, -0.05) is 6.08 Å². The highest BCUT2D eigenvalue weighted by Gasteiger charge is 2.52. The van der Waals surface area contributed by atoms with E-state index in [2.05, 4.69) is 5.32 Å². The number of hydrogen-bond acceptors (Lipinski definition) is 5. The molecule has 0 unspecified atom stereocenters. The summed E-state index contributed by atoms with van der Waals surface area (Å²) in [6.45, 7) is 11.2. The van der Waals surface area contributed by atoms with Crippen LogP contribution in [0.5, 0.6) is 0 Å². The third kappa shape index (κ3) is 3.96. The minimum atomic E-state index is -0.568. The van der Waals surface area contributed by atoms with Crippen molar-refractivity contribution in [3.63, 3.8) is 0 Å². The summed E-state index contributed by atoms with van der Waals surface area (Å²) in [6, 6.07) is 1.89. The molecule has 0 aliphatic carbocycles. The van der Waals surface area contributed by atoms with Crippen LogP contribution in [0.3, 0.4) is 0 Å². The Morgan fingerprint density at radius 1 is 1.21 bits per heavy atom. The summed E-state index contributed by atoms with van der Waals surface area (Å²) in [5.41, 5.74) is 0.670. The monoisotopic (exact) mass is 349 g/mol. The molecule has 0 saturated carbocycles. The molecule has 1 aromatic rings. The fourth-order valence-corrected chi connectivity index (χ4v) is 3.12. The minimum absolute atomic E-state index is 0.0176. The first-order valence-electron chi connectivity index (χ1n) is 7.92. The molecule has 0 atom stereocenters. The lowest BCUT2D eigenvalue weighted by Gasteiger charge is -2.32. The summed E-state index contributed by atoms with van der Waals surface area (Å²) < 4.78 is 12.2. The fraction of sp³-hybridized carbons (Fsp3) is 0.529. The number of thiophene rings is 1. The summed E-state index contributed by atoms with van der Waals surface area (Å²) in [5, 5.41) is 4.67. The van der Waals surface area contributed by atoms with Gasteiger partial charge in [-0.05, 0) is 57.1 Å². The van der Waals surface area contributed by atoms with Crippen molar-refractivity contribution in [3.05, 3.63) is 27.4 Å². The van der Waals surface area contributed by atoms with Gasteiger partial charge in [-0.15, -0.1) is 11.3 Å². The zero-order valence-electron chi connectivity index (χ0n) is 15.1. The van der Waals surface area contributed by atoms with Gasteiger partial charge in [-0.2, -0.15) is 0 Å². The predicted molar refractivity (Wildman–Crippen MR) is 97.1 cm³/mol. The van der Waals surface area contributed by atoms with E-state index in [9.17, 15) is 9.59 Å². The number of nitrogens with one attached hydrogen (secondary N) is 1. The molecule has 1 aliphatic heterocycles. The van der Waals surface area contributed by atoms with E-state index in [1.54, 1.807) is 6.92 Å².